The van der Waals surface area contributed by atoms with E-state index in [-0.39, 0.29) is 25.2 Å². The Morgan fingerprint density at radius 2 is 2.00 bits per heavy atom. The summed E-state index contributed by atoms with van der Waals surface area (Å²) in [7, 11) is 1.24. The predicted molar refractivity (Wildman–Crippen MR) is 64.6 cm³/mol. The second-order valence-corrected chi connectivity index (χ2v) is 3.80. The number of carbonyl (C=O) groups excluding carboxylic acids is 1. The molecule has 0 heterocycles. The maximum Gasteiger partial charge on any atom is 0.573 e. The number of hydrogen-bond acceptors (Lipinski definition) is 4. The molecule has 0 aliphatic rings. The first-order valence-electron chi connectivity index (χ1n) is 5.94. The molecule has 0 aliphatic carbocycles. The van der Waals surface area contributed by atoms with Crippen LogP contribution in [0.4, 0.5) is 13.2 Å². The van der Waals surface area contributed by atoms with E-state index in [1.165, 1.54) is 13.2 Å². The molecule has 0 aliphatic heterocycles. The molecule has 0 bridgehead atoms. The van der Waals surface area contributed by atoms with Crippen LogP contribution < -0.4 is 9.47 Å². The molecule has 0 radical (unpaired) electrons. The van der Waals surface area contributed by atoms with Gasteiger partial charge in [-0.2, -0.15) is 0 Å². The molecule has 1 aromatic rings. The highest BCUT2D eigenvalue weighted by Crippen LogP contribution is 2.35. The third kappa shape index (κ3) is 4.99. The zero-order chi connectivity index (χ0) is 15.2. The summed E-state index contributed by atoms with van der Waals surface area (Å²) in [5.74, 6) is -0.882. The molecule has 0 saturated carbocycles. The molecular weight excluding hydrogens is 277 g/mol. The van der Waals surface area contributed by atoms with Gasteiger partial charge in [-0.05, 0) is 25.0 Å². The third-order valence-electron chi connectivity index (χ3n) is 2.39. The molecule has 0 atom stereocenters. The maximum atomic E-state index is 12.3. The van der Waals surface area contributed by atoms with Crippen LogP contribution >= 0.6 is 0 Å². The molecule has 1 aromatic carbocycles. The lowest BCUT2D eigenvalue weighted by atomic mass is 10.1. The number of esters is 1. The summed E-state index contributed by atoms with van der Waals surface area (Å²) in [6.45, 7) is 1.93. The number of methoxy groups -OCH3 is 1. The van der Waals surface area contributed by atoms with E-state index in [1.54, 1.807) is 13.0 Å². The van der Waals surface area contributed by atoms with Crippen molar-refractivity contribution in [1.82, 2.24) is 0 Å². The zero-order valence-electron chi connectivity index (χ0n) is 11.1. The van der Waals surface area contributed by atoms with Crippen molar-refractivity contribution in [2.45, 2.75) is 26.1 Å². The van der Waals surface area contributed by atoms with Crippen molar-refractivity contribution in [2.24, 2.45) is 0 Å². The molecule has 112 valence electrons. The monoisotopic (exact) mass is 292 g/mol. The average Bonchev–Trinajstić information content (AvgIpc) is 2.35. The molecule has 1 rings (SSSR count). The van der Waals surface area contributed by atoms with Gasteiger partial charge in [0.05, 0.1) is 13.7 Å². The minimum absolute atomic E-state index is 0.0332. The van der Waals surface area contributed by atoms with E-state index in [2.05, 4.69) is 4.74 Å². The summed E-state index contributed by atoms with van der Waals surface area (Å²) in [6, 6.07) is 4.13. The van der Waals surface area contributed by atoms with Crippen molar-refractivity contribution in [3.05, 3.63) is 23.8 Å². The molecule has 0 N–H and O–H groups in total. The normalized spacial score (nSPS) is 11.1. The Morgan fingerprint density at radius 3 is 2.55 bits per heavy atom. The largest absolute Gasteiger partial charge is 0.573 e. The summed E-state index contributed by atoms with van der Waals surface area (Å²) in [4.78, 5) is 11.3. The van der Waals surface area contributed by atoms with Crippen LogP contribution in [0.3, 0.4) is 0 Å². The molecule has 0 fully saturated rings. The first-order chi connectivity index (χ1) is 9.37. The lowest BCUT2D eigenvalue weighted by Gasteiger charge is -2.15. The fourth-order valence-corrected chi connectivity index (χ4v) is 1.66. The van der Waals surface area contributed by atoms with Crippen LogP contribution in [-0.2, 0) is 16.0 Å². The molecule has 0 amide bonds. The fraction of sp³-hybridized carbons (Fsp3) is 0.462. The Morgan fingerprint density at radius 1 is 1.30 bits per heavy atom. The Labute approximate surface area is 114 Å². The van der Waals surface area contributed by atoms with Gasteiger partial charge in [0.1, 0.15) is 0 Å². The molecule has 0 aromatic heterocycles. The minimum atomic E-state index is -4.80. The highest BCUT2D eigenvalue weighted by molar-refractivity contribution is 5.70. The second-order valence-electron chi connectivity index (χ2n) is 3.80. The van der Waals surface area contributed by atoms with E-state index in [0.29, 0.717) is 5.56 Å². The number of ether oxygens (including phenoxy) is 3. The Kier molecular flexibility index (Phi) is 5.66. The maximum absolute atomic E-state index is 12.3. The van der Waals surface area contributed by atoms with E-state index in [0.717, 1.165) is 6.07 Å². The number of carbonyl (C=O) groups is 1. The van der Waals surface area contributed by atoms with Crippen molar-refractivity contribution < 1.29 is 32.2 Å². The summed E-state index contributed by atoms with van der Waals surface area (Å²) < 4.78 is 50.3. The Bertz CT molecular complexity index is 457. The van der Waals surface area contributed by atoms with E-state index < -0.39 is 18.1 Å². The Balaban J connectivity index is 2.86. The minimum Gasteiger partial charge on any atom is -0.493 e. The number of hydrogen-bond donors (Lipinski definition) is 0. The van der Waals surface area contributed by atoms with Gasteiger partial charge in [-0.1, -0.05) is 12.1 Å². The highest BCUT2D eigenvalue weighted by atomic mass is 19.4. The zero-order valence-corrected chi connectivity index (χ0v) is 11.1. The average molecular weight is 292 g/mol. The molecular formula is C13H15F3O4. The van der Waals surface area contributed by atoms with E-state index >= 15 is 0 Å². The fourth-order valence-electron chi connectivity index (χ4n) is 1.66. The second kappa shape index (κ2) is 7.02. The smallest absolute Gasteiger partial charge is 0.493 e. The van der Waals surface area contributed by atoms with Gasteiger partial charge in [0, 0.05) is 6.42 Å². The third-order valence-corrected chi connectivity index (χ3v) is 2.39. The summed E-state index contributed by atoms with van der Waals surface area (Å²) in [5.41, 5.74) is 0.447. The van der Waals surface area contributed by atoms with Crippen molar-refractivity contribution in [1.29, 1.82) is 0 Å². The summed E-state index contributed by atoms with van der Waals surface area (Å²) >= 11 is 0. The molecule has 0 unspecified atom stereocenters. The van der Waals surface area contributed by atoms with Crippen LogP contribution in [0.5, 0.6) is 11.5 Å². The predicted octanol–water partition coefficient (Wildman–Crippen LogP) is 3.09. The number of alkyl halides is 3. The van der Waals surface area contributed by atoms with Gasteiger partial charge in [0.15, 0.2) is 11.5 Å². The van der Waals surface area contributed by atoms with E-state index in [4.69, 9.17) is 9.47 Å². The highest BCUT2D eigenvalue weighted by Gasteiger charge is 2.32. The summed E-state index contributed by atoms with van der Waals surface area (Å²) in [6.07, 6.45) is -4.54. The van der Waals surface area contributed by atoms with Crippen molar-refractivity contribution in [2.75, 3.05) is 13.7 Å². The van der Waals surface area contributed by atoms with Crippen molar-refractivity contribution in [3.8, 4) is 11.5 Å². The van der Waals surface area contributed by atoms with Crippen molar-refractivity contribution in [3.63, 3.8) is 0 Å². The first kappa shape index (κ1) is 16.1. The van der Waals surface area contributed by atoms with Crippen LogP contribution in [-0.4, -0.2) is 26.0 Å². The molecule has 4 nitrogen and oxygen atoms in total. The molecule has 0 saturated heterocycles. The van der Waals surface area contributed by atoms with Crippen LogP contribution in [0.25, 0.3) is 0 Å². The topological polar surface area (TPSA) is 44.8 Å². The van der Waals surface area contributed by atoms with Gasteiger partial charge in [0.2, 0.25) is 0 Å². The number of benzene rings is 1. The SMILES string of the molecule is CCOC(=O)CCc1cccc(OC(F)(F)F)c1OC. The van der Waals surface area contributed by atoms with Gasteiger partial charge < -0.3 is 14.2 Å². The van der Waals surface area contributed by atoms with Crippen molar-refractivity contribution >= 4 is 5.97 Å². The lowest BCUT2D eigenvalue weighted by molar-refractivity contribution is -0.275. The van der Waals surface area contributed by atoms with E-state index in [9.17, 15) is 18.0 Å². The number of halogens is 3. The van der Waals surface area contributed by atoms with Crippen LogP contribution in [0.1, 0.15) is 18.9 Å². The standard InChI is InChI=1S/C13H15F3O4/c1-3-19-11(17)8-7-9-5-4-6-10(12(9)18-2)20-13(14,15)16/h4-6H,3,7-8H2,1-2H3. The van der Waals surface area contributed by atoms with Gasteiger partial charge >= 0.3 is 12.3 Å². The van der Waals surface area contributed by atoms with Crippen LogP contribution in [0.15, 0.2) is 18.2 Å². The van der Waals surface area contributed by atoms with Gasteiger partial charge in [-0.3, -0.25) is 4.79 Å². The first-order valence-corrected chi connectivity index (χ1v) is 5.94. The van der Waals surface area contributed by atoms with Gasteiger partial charge in [0.25, 0.3) is 0 Å². The molecule has 7 heteroatoms. The summed E-state index contributed by atoms with van der Waals surface area (Å²) in [5, 5.41) is 0. The van der Waals surface area contributed by atoms with E-state index in [1.807, 2.05) is 0 Å². The quantitative estimate of drug-likeness (QED) is 0.756. The van der Waals surface area contributed by atoms with Gasteiger partial charge in [-0.25, -0.2) is 0 Å². The lowest BCUT2D eigenvalue weighted by Crippen LogP contribution is -2.18. The van der Waals surface area contributed by atoms with Gasteiger partial charge in [-0.15, -0.1) is 13.2 Å². The number of para-hydroxylation sites is 1. The Hall–Kier alpha value is -1.92. The van der Waals surface area contributed by atoms with Crippen LogP contribution in [0.2, 0.25) is 0 Å². The number of aryl methyl sites for hydroxylation is 1. The number of rotatable bonds is 6. The molecule has 20 heavy (non-hydrogen) atoms. The van der Waals surface area contributed by atoms with Crippen LogP contribution in [0, 0.1) is 0 Å². The molecule has 0 spiro atoms.